The fourth-order valence-corrected chi connectivity index (χ4v) is 6.09. The molecule has 0 saturated carbocycles. The summed E-state index contributed by atoms with van der Waals surface area (Å²) in [5, 5.41) is 28.6. The van der Waals surface area contributed by atoms with Crippen molar-refractivity contribution in [2.24, 2.45) is 0 Å². The lowest BCUT2D eigenvalue weighted by molar-refractivity contribution is -0.137. The van der Waals surface area contributed by atoms with Gasteiger partial charge in [0.15, 0.2) is 29.3 Å². The molecule has 1 aromatic carbocycles. The Balaban J connectivity index is 1.29. The van der Waals surface area contributed by atoms with E-state index in [1.807, 2.05) is 0 Å². The summed E-state index contributed by atoms with van der Waals surface area (Å²) in [5.41, 5.74) is 0.715. The number of imidazole rings is 1. The number of nitrogens with zero attached hydrogens (tertiary/aromatic N) is 5. The van der Waals surface area contributed by atoms with Crippen LogP contribution in [0.25, 0.3) is 11.2 Å². The first-order valence-corrected chi connectivity index (χ1v) is 13.8. The highest BCUT2D eigenvalue weighted by molar-refractivity contribution is 7.89. The third-order valence-corrected chi connectivity index (χ3v) is 8.44. The third kappa shape index (κ3) is 5.16. The monoisotopic (exact) mass is 560 g/mol. The molecule has 0 spiro atoms. The number of ether oxygens (including phenoxy) is 1. The zero-order chi connectivity index (χ0) is 27.7. The summed E-state index contributed by atoms with van der Waals surface area (Å²) in [6.45, 7) is 3.03. The van der Waals surface area contributed by atoms with E-state index < -0.39 is 46.5 Å². The second-order valence-corrected chi connectivity index (χ2v) is 11.0. The molecule has 15 nitrogen and oxygen atoms in total. The van der Waals surface area contributed by atoms with Gasteiger partial charge in [0, 0.05) is 25.3 Å². The molecule has 2 aromatic heterocycles. The van der Waals surface area contributed by atoms with Crippen LogP contribution in [-0.4, -0.2) is 92.3 Å². The summed E-state index contributed by atoms with van der Waals surface area (Å²) in [6.07, 6.45) is -1.23. The summed E-state index contributed by atoms with van der Waals surface area (Å²) in [5.74, 6) is -0.510. The maximum Gasteiger partial charge on any atom is 0.324 e. The summed E-state index contributed by atoms with van der Waals surface area (Å²) in [7, 11) is -3.57. The lowest BCUT2D eigenvalue weighted by Crippen LogP contribution is -2.42. The summed E-state index contributed by atoms with van der Waals surface area (Å²) in [4.78, 5) is 37.4. The van der Waals surface area contributed by atoms with Crippen molar-refractivity contribution in [3.05, 3.63) is 36.9 Å². The number of hydrogen-bond acceptors (Lipinski definition) is 10. The van der Waals surface area contributed by atoms with Crippen LogP contribution in [0.4, 0.5) is 16.3 Å². The van der Waals surface area contributed by atoms with Crippen LogP contribution < -0.4 is 16.0 Å². The molecule has 39 heavy (non-hydrogen) atoms. The minimum Gasteiger partial charge on any atom is -0.387 e. The van der Waals surface area contributed by atoms with Crippen molar-refractivity contribution in [1.82, 2.24) is 29.1 Å². The van der Waals surface area contributed by atoms with Gasteiger partial charge in [-0.25, -0.2) is 28.2 Å². The van der Waals surface area contributed by atoms with Crippen LogP contribution >= 0.6 is 0 Å². The average molecular weight is 561 g/mol. The Bertz CT molecular complexity index is 1470. The van der Waals surface area contributed by atoms with Crippen LogP contribution in [0.15, 0.2) is 41.8 Å². The number of aliphatic hydroxyl groups excluding tert-OH is 2. The van der Waals surface area contributed by atoms with E-state index in [4.69, 9.17) is 4.74 Å². The minimum atomic E-state index is -3.57. The Morgan fingerprint density at radius 1 is 1.05 bits per heavy atom. The van der Waals surface area contributed by atoms with E-state index >= 15 is 0 Å². The molecule has 2 aliphatic rings. The predicted octanol–water partition coefficient (Wildman–Crippen LogP) is 0.0101. The summed E-state index contributed by atoms with van der Waals surface area (Å²) in [6, 6.07) is 5.18. The van der Waals surface area contributed by atoms with Crippen LogP contribution in [0.3, 0.4) is 0 Å². The summed E-state index contributed by atoms with van der Waals surface area (Å²) >= 11 is 0. The smallest absolute Gasteiger partial charge is 0.324 e. The van der Waals surface area contributed by atoms with Gasteiger partial charge >= 0.3 is 6.03 Å². The normalized spacial score (nSPS) is 23.7. The molecule has 0 radical (unpaired) electrons. The number of aromatic nitrogens is 4. The molecule has 0 aliphatic carbocycles. The van der Waals surface area contributed by atoms with Gasteiger partial charge < -0.3 is 25.6 Å². The topological polar surface area (TPSA) is 201 Å². The molecular formula is C23H28N8O7S. The fourth-order valence-electron chi connectivity index (χ4n) is 4.57. The Hall–Kier alpha value is -3.70. The number of likely N-dealkylation sites (N-methyl/N-ethyl adjacent to an activating group) is 1. The molecule has 208 valence electrons. The van der Waals surface area contributed by atoms with E-state index in [9.17, 15) is 28.2 Å². The van der Waals surface area contributed by atoms with Gasteiger partial charge in [0.05, 0.1) is 11.2 Å². The number of fused-ring (bicyclic) bond motifs is 1. The van der Waals surface area contributed by atoms with Gasteiger partial charge in [0.1, 0.15) is 18.5 Å². The van der Waals surface area contributed by atoms with Gasteiger partial charge in [-0.2, -0.15) is 4.31 Å². The zero-order valence-electron chi connectivity index (χ0n) is 20.9. The van der Waals surface area contributed by atoms with Crippen molar-refractivity contribution < 1.29 is 33.0 Å². The number of sulfonamides is 1. The standard InChI is InChI=1S/C23H28N8O7S/c1-2-24-21(34)18-16(32)17(33)22(38-18)31-12-27-15-19(25-11-26-20(15)31)29-23(35)28-13-5-7-14(8-6-13)39(36,37)30-9-3-4-10-30/h5-8,11-12,16-18,22,32-33H,2-4,9-10H2,1H3,(H,24,34)(H2,25,26,28,29,35)/t16-,17+,18-,22+/m0/s1. The molecule has 0 bridgehead atoms. The van der Waals surface area contributed by atoms with Crippen LogP contribution in [0, 0.1) is 0 Å². The molecule has 2 aliphatic heterocycles. The first-order chi connectivity index (χ1) is 18.7. The molecule has 5 rings (SSSR count). The molecular weight excluding hydrogens is 532 g/mol. The van der Waals surface area contributed by atoms with Gasteiger partial charge in [-0.1, -0.05) is 0 Å². The van der Waals surface area contributed by atoms with Crippen LogP contribution in [0.2, 0.25) is 0 Å². The molecule has 5 N–H and O–H groups in total. The largest absolute Gasteiger partial charge is 0.387 e. The number of hydrogen-bond donors (Lipinski definition) is 5. The number of urea groups is 1. The molecule has 4 atom stereocenters. The first kappa shape index (κ1) is 26.9. The molecule has 0 unspecified atom stereocenters. The third-order valence-electron chi connectivity index (χ3n) is 6.53. The van der Waals surface area contributed by atoms with Gasteiger partial charge in [-0.15, -0.1) is 0 Å². The van der Waals surface area contributed by atoms with Gasteiger partial charge in [-0.05, 0) is 44.0 Å². The molecule has 3 aromatic rings. The second kappa shape index (κ2) is 10.8. The van der Waals surface area contributed by atoms with E-state index in [0.29, 0.717) is 25.3 Å². The number of benzene rings is 1. The van der Waals surface area contributed by atoms with Crippen molar-refractivity contribution in [2.45, 2.75) is 49.2 Å². The Labute approximate surface area is 223 Å². The highest BCUT2D eigenvalue weighted by Gasteiger charge is 2.47. The molecule has 2 fully saturated rings. The number of carbonyl (C=O) groups excluding carboxylic acids is 2. The number of aliphatic hydroxyl groups is 2. The van der Waals surface area contributed by atoms with Crippen LogP contribution in [0.1, 0.15) is 26.0 Å². The predicted molar refractivity (Wildman–Crippen MR) is 137 cm³/mol. The van der Waals surface area contributed by atoms with Crippen molar-refractivity contribution in [3.8, 4) is 0 Å². The highest BCUT2D eigenvalue weighted by atomic mass is 32.2. The van der Waals surface area contributed by atoms with E-state index in [-0.39, 0.29) is 21.9 Å². The van der Waals surface area contributed by atoms with E-state index in [1.54, 1.807) is 6.92 Å². The minimum absolute atomic E-state index is 0.0535. The van der Waals surface area contributed by atoms with Gasteiger partial charge in [0.2, 0.25) is 10.0 Å². The van der Waals surface area contributed by atoms with Crippen LogP contribution in [0.5, 0.6) is 0 Å². The van der Waals surface area contributed by atoms with E-state index in [0.717, 1.165) is 12.8 Å². The Morgan fingerprint density at radius 3 is 2.46 bits per heavy atom. The second-order valence-electron chi connectivity index (χ2n) is 9.08. The summed E-state index contributed by atoms with van der Waals surface area (Å²) < 4.78 is 33.8. The average Bonchev–Trinajstić information content (AvgIpc) is 3.66. The number of carbonyl (C=O) groups is 2. The number of nitrogens with one attached hydrogen (secondary N) is 3. The molecule has 3 amide bonds. The number of rotatable bonds is 7. The number of amides is 3. The van der Waals surface area contributed by atoms with E-state index in [1.165, 1.54) is 45.8 Å². The maximum absolute atomic E-state index is 12.7. The molecule has 16 heteroatoms. The SMILES string of the molecule is CCNC(=O)[C@H]1O[C@@H](n2cnc3c(NC(=O)Nc4ccc(S(=O)(=O)N5CCCC5)cc4)ncnc32)[C@H](O)[C@@H]1O. The van der Waals surface area contributed by atoms with Gasteiger partial charge in [0.25, 0.3) is 5.91 Å². The maximum atomic E-state index is 12.7. The quantitative estimate of drug-likeness (QED) is 0.262. The molecule has 2 saturated heterocycles. The molecule has 4 heterocycles. The number of anilines is 2. The lowest BCUT2D eigenvalue weighted by Gasteiger charge is -2.16. The Morgan fingerprint density at radius 2 is 1.77 bits per heavy atom. The lowest BCUT2D eigenvalue weighted by atomic mass is 10.1. The van der Waals surface area contributed by atoms with E-state index in [2.05, 4.69) is 30.9 Å². The Kier molecular flexibility index (Phi) is 7.46. The first-order valence-electron chi connectivity index (χ1n) is 12.4. The van der Waals surface area contributed by atoms with Gasteiger partial charge in [-0.3, -0.25) is 14.7 Å². The fraction of sp³-hybridized carbons (Fsp3) is 0.435. The van der Waals surface area contributed by atoms with Crippen molar-refractivity contribution in [3.63, 3.8) is 0 Å². The zero-order valence-corrected chi connectivity index (χ0v) is 21.7. The van der Waals surface area contributed by atoms with Crippen molar-refractivity contribution >= 4 is 44.6 Å². The van der Waals surface area contributed by atoms with Crippen molar-refractivity contribution in [2.75, 3.05) is 30.3 Å². The van der Waals surface area contributed by atoms with Crippen molar-refractivity contribution in [1.29, 1.82) is 0 Å². The highest BCUT2D eigenvalue weighted by Crippen LogP contribution is 2.32. The van der Waals surface area contributed by atoms with Crippen LogP contribution in [-0.2, 0) is 19.6 Å².